The molecule has 0 aromatic heterocycles. The fraction of sp³-hybridized carbons (Fsp3) is 0.611. The fourth-order valence-electron chi connectivity index (χ4n) is 2.94. The van der Waals surface area contributed by atoms with E-state index in [1.165, 1.54) is 12.0 Å². The third-order valence-corrected chi connectivity index (χ3v) is 3.95. The van der Waals surface area contributed by atoms with Gasteiger partial charge in [0.2, 0.25) is 0 Å². The second-order valence-electron chi connectivity index (χ2n) is 6.01. The smallest absolute Gasteiger partial charge is 0.305 e. The van der Waals surface area contributed by atoms with Crippen LogP contribution < -0.4 is 4.74 Å². The number of ether oxygens (including phenoxy) is 2. The van der Waals surface area contributed by atoms with Crippen LogP contribution in [0.15, 0.2) is 24.3 Å². The largest absolute Gasteiger partial charge is 0.491 e. The summed E-state index contributed by atoms with van der Waals surface area (Å²) in [5.74, 6) is 1.13. The second kappa shape index (κ2) is 7.48. The first kappa shape index (κ1) is 15.9. The summed E-state index contributed by atoms with van der Waals surface area (Å²) in [6.45, 7) is 5.89. The van der Waals surface area contributed by atoms with Gasteiger partial charge in [-0.3, -0.25) is 4.79 Å². The number of benzene rings is 1. The highest BCUT2D eigenvalue weighted by Crippen LogP contribution is 2.35. The van der Waals surface area contributed by atoms with Crippen molar-refractivity contribution in [2.24, 2.45) is 0 Å². The summed E-state index contributed by atoms with van der Waals surface area (Å²) in [6, 6.07) is 8.26. The van der Waals surface area contributed by atoms with Crippen LogP contribution in [0.2, 0.25) is 0 Å². The first-order chi connectivity index (χ1) is 10.1. The minimum Gasteiger partial charge on any atom is -0.491 e. The highest BCUT2D eigenvalue weighted by Gasteiger charge is 2.29. The molecule has 3 heteroatoms. The Kier molecular flexibility index (Phi) is 5.66. The molecule has 0 saturated heterocycles. The van der Waals surface area contributed by atoms with Gasteiger partial charge in [-0.2, -0.15) is 0 Å². The van der Waals surface area contributed by atoms with Gasteiger partial charge in [-0.15, -0.1) is 0 Å². The van der Waals surface area contributed by atoms with Gasteiger partial charge >= 0.3 is 5.97 Å². The van der Waals surface area contributed by atoms with E-state index in [4.69, 9.17) is 9.47 Å². The molecule has 21 heavy (non-hydrogen) atoms. The van der Waals surface area contributed by atoms with E-state index in [0.29, 0.717) is 12.3 Å². The van der Waals surface area contributed by atoms with E-state index >= 15 is 0 Å². The van der Waals surface area contributed by atoms with Crippen LogP contribution in [0.5, 0.6) is 5.75 Å². The Hall–Kier alpha value is -1.51. The Morgan fingerprint density at radius 1 is 1.19 bits per heavy atom. The van der Waals surface area contributed by atoms with E-state index in [1.807, 2.05) is 32.9 Å². The number of carbonyl (C=O) groups excluding carboxylic acids is 1. The molecule has 2 rings (SSSR count). The molecule has 0 amide bonds. The molecule has 1 aromatic rings. The maximum atomic E-state index is 11.6. The van der Waals surface area contributed by atoms with Crippen molar-refractivity contribution < 1.29 is 14.3 Å². The maximum absolute atomic E-state index is 11.6. The van der Waals surface area contributed by atoms with E-state index in [-0.39, 0.29) is 18.2 Å². The lowest BCUT2D eigenvalue weighted by atomic mass is 9.81. The molecule has 0 heterocycles. The molecule has 0 bridgehead atoms. The number of rotatable bonds is 5. The molecule has 1 aliphatic rings. The van der Waals surface area contributed by atoms with Gasteiger partial charge < -0.3 is 9.47 Å². The molecule has 0 radical (unpaired) electrons. The molecule has 2 atom stereocenters. The lowest BCUT2D eigenvalue weighted by Crippen LogP contribution is -2.28. The predicted molar refractivity (Wildman–Crippen MR) is 83.6 cm³/mol. The summed E-state index contributed by atoms with van der Waals surface area (Å²) in [4.78, 5) is 11.6. The SMILES string of the molecule is CCC(=O)OC1CCCCC1c1ccc(OC(C)C)cc1. The Morgan fingerprint density at radius 3 is 2.48 bits per heavy atom. The maximum Gasteiger partial charge on any atom is 0.305 e. The van der Waals surface area contributed by atoms with Gasteiger partial charge in [0.25, 0.3) is 0 Å². The fourth-order valence-corrected chi connectivity index (χ4v) is 2.94. The number of carbonyl (C=O) groups is 1. The van der Waals surface area contributed by atoms with Crippen LogP contribution in [0.25, 0.3) is 0 Å². The number of esters is 1. The van der Waals surface area contributed by atoms with Crippen LogP contribution in [0.4, 0.5) is 0 Å². The average molecular weight is 290 g/mol. The third kappa shape index (κ3) is 4.48. The van der Waals surface area contributed by atoms with Crippen molar-refractivity contribution in [2.45, 2.75) is 71.0 Å². The average Bonchev–Trinajstić information content (AvgIpc) is 2.48. The zero-order chi connectivity index (χ0) is 15.2. The van der Waals surface area contributed by atoms with Gasteiger partial charge in [0, 0.05) is 12.3 Å². The lowest BCUT2D eigenvalue weighted by molar-refractivity contribution is -0.151. The monoisotopic (exact) mass is 290 g/mol. The molecule has 1 aliphatic carbocycles. The standard InChI is InChI=1S/C18H26O3/c1-4-18(19)21-17-8-6-5-7-16(17)14-9-11-15(12-10-14)20-13(2)3/h9-13,16-17H,4-8H2,1-3H3. The normalized spacial score (nSPS) is 22.1. The van der Waals surface area contributed by atoms with Crippen molar-refractivity contribution >= 4 is 5.97 Å². The van der Waals surface area contributed by atoms with E-state index in [9.17, 15) is 4.79 Å². The van der Waals surface area contributed by atoms with Crippen LogP contribution in [-0.2, 0) is 9.53 Å². The summed E-state index contributed by atoms with van der Waals surface area (Å²) in [6.07, 6.45) is 5.07. The predicted octanol–water partition coefficient (Wildman–Crippen LogP) is 4.45. The topological polar surface area (TPSA) is 35.5 Å². The Morgan fingerprint density at radius 2 is 1.86 bits per heavy atom. The summed E-state index contributed by atoms with van der Waals surface area (Å²) < 4.78 is 11.3. The van der Waals surface area contributed by atoms with E-state index < -0.39 is 0 Å². The van der Waals surface area contributed by atoms with Gasteiger partial charge in [0.15, 0.2) is 0 Å². The molecule has 0 N–H and O–H groups in total. The number of hydrogen-bond donors (Lipinski definition) is 0. The molecule has 2 unspecified atom stereocenters. The third-order valence-electron chi connectivity index (χ3n) is 3.95. The highest BCUT2D eigenvalue weighted by molar-refractivity contribution is 5.69. The minimum absolute atomic E-state index is 0.0306. The molecule has 0 aliphatic heterocycles. The summed E-state index contributed by atoms with van der Waals surface area (Å²) in [5.41, 5.74) is 1.25. The summed E-state index contributed by atoms with van der Waals surface area (Å²) >= 11 is 0. The van der Waals surface area contributed by atoms with Crippen molar-refractivity contribution in [1.82, 2.24) is 0 Å². The van der Waals surface area contributed by atoms with Crippen LogP contribution in [0.3, 0.4) is 0 Å². The molecule has 1 fully saturated rings. The van der Waals surface area contributed by atoms with Crippen molar-refractivity contribution in [2.75, 3.05) is 0 Å². The molecular weight excluding hydrogens is 264 g/mol. The van der Waals surface area contributed by atoms with Gasteiger partial charge in [-0.25, -0.2) is 0 Å². The van der Waals surface area contributed by atoms with Crippen molar-refractivity contribution in [1.29, 1.82) is 0 Å². The van der Waals surface area contributed by atoms with E-state index in [0.717, 1.165) is 25.0 Å². The van der Waals surface area contributed by atoms with Crippen LogP contribution in [0.1, 0.15) is 64.4 Å². The van der Waals surface area contributed by atoms with Gasteiger partial charge in [0.1, 0.15) is 11.9 Å². The van der Waals surface area contributed by atoms with Crippen LogP contribution >= 0.6 is 0 Å². The molecule has 1 aromatic carbocycles. The molecule has 0 spiro atoms. The van der Waals surface area contributed by atoms with Crippen molar-refractivity contribution in [3.8, 4) is 5.75 Å². The Labute approximate surface area is 127 Å². The van der Waals surface area contributed by atoms with Gasteiger partial charge in [-0.05, 0) is 50.8 Å². The minimum atomic E-state index is -0.0911. The van der Waals surface area contributed by atoms with Crippen molar-refractivity contribution in [3.05, 3.63) is 29.8 Å². The van der Waals surface area contributed by atoms with E-state index in [2.05, 4.69) is 12.1 Å². The van der Waals surface area contributed by atoms with Gasteiger partial charge in [-0.1, -0.05) is 25.5 Å². The molecule has 3 nitrogen and oxygen atoms in total. The Bertz CT molecular complexity index is 450. The zero-order valence-corrected chi connectivity index (χ0v) is 13.3. The second-order valence-corrected chi connectivity index (χ2v) is 6.01. The van der Waals surface area contributed by atoms with Gasteiger partial charge in [0.05, 0.1) is 6.10 Å². The number of hydrogen-bond acceptors (Lipinski definition) is 3. The van der Waals surface area contributed by atoms with Crippen LogP contribution in [0, 0.1) is 0 Å². The summed E-state index contributed by atoms with van der Waals surface area (Å²) in [5, 5.41) is 0. The molecule has 116 valence electrons. The van der Waals surface area contributed by atoms with E-state index in [1.54, 1.807) is 0 Å². The highest BCUT2D eigenvalue weighted by atomic mass is 16.5. The zero-order valence-electron chi connectivity index (χ0n) is 13.3. The quantitative estimate of drug-likeness (QED) is 0.751. The summed E-state index contributed by atoms with van der Waals surface area (Å²) in [7, 11) is 0. The molecule has 1 saturated carbocycles. The lowest BCUT2D eigenvalue weighted by Gasteiger charge is -2.31. The Balaban J connectivity index is 2.07. The van der Waals surface area contributed by atoms with Crippen LogP contribution in [-0.4, -0.2) is 18.2 Å². The first-order valence-corrected chi connectivity index (χ1v) is 8.06. The molecular formula is C18H26O3. The first-order valence-electron chi connectivity index (χ1n) is 8.06. The van der Waals surface area contributed by atoms with Crippen molar-refractivity contribution in [3.63, 3.8) is 0 Å².